The Labute approximate surface area is 128 Å². The molecule has 0 aliphatic rings. The number of aliphatic hydroxyl groups is 1. The molecule has 21 heavy (non-hydrogen) atoms. The quantitative estimate of drug-likeness (QED) is 0.854. The van der Waals surface area contributed by atoms with E-state index >= 15 is 0 Å². The zero-order chi connectivity index (χ0) is 15.5. The summed E-state index contributed by atoms with van der Waals surface area (Å²) in [5.74, 6) is 0. The van der Waals surface area contributed by atoms with E-state index in [9.17, 15) is 13.5 Å². The molecule has 1 atom stereocenters. The van der Waals surface area contributed by atoms with Crippen LogP contribution < -0.4 is 4.72 Å². The summed E-state index contributed by atoms with van der Waals surface area (Å²) in [5.41, 5.74) is 1.48. The van der Waals surface area contributed by atoms with Gasteiger partial charge in [0.2, 0.25) is 10.0 Å². The van der Waals surface area contributed by atoms with Crippen LogP contribution in [0.5, 0.6) is 0 Å². The minimum Gasteiger partial charge on any atom is -0.388 e. The van der Waals surface area contributed by atoms with Gasteiger partial charge in [0.1, 0.15) is 5.01 Å². The smallest absolute Gasteiger partial charge is 0.240 e. The first-order valence-corrected chi connectivity index (χ1v) is 8.97. The second kappa shape index (κ2) is 6.65. The second-order valence-electron chi connectivity index (χ2n) is 4.70. The van der Waals surface area contributed by atoms with Crippen molar-refractivity contribution in [3.63, 3.8) is 0 Å². The Hall–Kier alpha value is -1.28. The van der Waals surface area contributed by atoms with Gasteiger partial charge in [0, 0.05) is 11.1 Å². The van der Waals surface area contributed by atoms with Crippen LogP contribution >= 0.6 is 11.3 Å². The summed E-state index contributed by atoms with van der Waals surface area (Å²) in [6, 6.07) is 6.37. The van der Waals surface area contributed by atoms with E-state index in [-0.39, 0.29) is 11.4 Å². The summed E-state index contributed by atoms with van der Waals surface area (Å²) in [6.07, 6.45) is -0.114. The van der Waals surface area contributed by atoms with E-state index in [4.69, 9.17) is 0 Å². The highest BCUT2D eigenvalue weighted by molar-refractivity contribution is 7.89. The van der Waals surface area contributed by atoms with Gasteiger partial charge in [-0.1, -0.05) is 19.1 Å². The van der Waals surface area contributed by atoms with Gasteiger partial charge in [0.05, 0.1) is 17.5 Å². The molecular weight excluding hydrogens is 308 g/mol. The van der Waals surface area contributed by atoms with Crippen LogP contribution in [0.1, 0.15) is 35.7 Å². The molecule has 7 heteroatoms. The first-order chi connectivity index (χ1) is 9.92. The lowest BCUT2D eigenvalue weighted by Gasteiger charge is -2.10. The average Bonchev–Trinajstić information content (AvgIpc) is 2.90. The number of benzene rings is 1. The molecular formula is C14H18N2O3S2. The number of aryl methyl sites for hydroxylation is 1. The summed E-state index contributed by atoms with van der Waals surface area (Å²) in [6.45, 7) is 3.88. The fourth-order valence-electron chi connectivity index (χ4n) is 1.85. The minimum atomic E-state index is -3.61. The summed E-state index contributed by atoms with van der Waals surface area (Å²) >= 11 is 1.42. The maximum absolute atomic E-state index is 12.3. The molecule has 0 aliphatic carbocycles. The zero-order valence-corrected chi connectivity index (χ0v) is 13.5. The summed E-state index contributed by atoms with van der Waals surface area (Å²) < 4.78 is 27.0. The summed E-state index contributed by atoms with van der Waals surface area (Å²) in [4.78, 5) is 4.37. The standard InChI is InChI=1S/C14H18N2O3S2/c1-3-13(17)11-5-4-6-12(7-11)21(18,19)15-8-14-16-10(2)9-20-14/h4-7,9,13,15,17H,3,8H2,1-2H3. The maximum atomic E-state index is 12.3. The van der Waals surface area contributed by atoms with Crippen molar-refractivity contribution in [3.8, 4) is 0 Å². The van der Waals surface area contributed by atoms with Crippen LogP contribution in [0.2, 0.25) is 0 Å². The highest BCUT2D eigenvalue weighted by Crippen LogP contribution is 2.20. The van der Waals surface area contributed by atoms with Gasteiger partial charge in [-0.05, 0) is 31.0 Å². The monoisotopic (exact) mass is 326 g/mol. The topological polar surface area (TPSA) is 79.3 Å². The zero-order valence-electron chi connectivity index (χ0n) is 11.9. The molecule has 0 bridgehead atoms. The van der Waals surface area contributed by atoms with Gasteiger partial charge in [-0.2, -0.15) is 0 Å². The van der Waals surface area contributed by atoms with Gasteiger partial charge < -0.3 is 5.11 Å². The van der Waals surface area contributed by atoms with Crippen LogP contribution in [0.25, 0.3) is 0 Å². The van der Waals surface area contributed by atoms with E-state index in [1.807, 2.05) is 19.2 Å². The third-order valence-electron chi connectivity index (χ3n) is 3.02. The van der Waals surface area contributed by atoms with Crippen molar-refractivity contribution in [1.29, 1.82) is 0 Å². The number of nitrogens with zero attached hydrogens (tertiary/aromatic N) is 1. The molecule has 0 spiro atoms. The number of aromatic nitrogens is 1. The molecule has 0 saturated heterocycles. The lowest BCUT2D eigenvalue weighted by atomic mass is 10.1. The second-order valence-corrected chi connectivity index (χ2v) is 7.41. The van der Waals surface area contributed by atoms with Crippen molar-refractivity contribution in [1.82, 2.24) is 9.71 Å². The predicted octanol–water partition coefficient (Wildman–Crippen LogP) is 2.37. The first kappa shape index (κ1) is 16.1. The van der Waals surface area contributed by atoms with Crippen LogP contribution in [0.3, 0.4) is 0 Å². The SMILES string of the molecule is CCC(O)c1cccc(S(=O)(=O)NCc2nc(C)cs2)c1. The number of hydrogen-bond donors (Lipinski definition) is 2. The number of aliphatic hydroxyl groups excluding tert-OH is 1. The number of sulfonamides is 1. The van der Waals surface area contributed by atoms with E-state index in [1.54, 1.807) is 12.1 Å². The first-order valence-electron chi connectivity index (χ1n) is 6.61. The molecule has 1 heterocycles. The summed E-state index contributed by atoms with van der Waals surface area (Å²) in [5, 5.41) is 12.4. The van der Waals surface area contributed by atoms with Gasteiger partial charge in [-0.25, -0.2) is 18.1 Å². The molecule has 5 nitrogen and oxygen atoms in total. The fourth-order valence-corrected chi connectivity index (χ4v) is 3.69. The number of thiazole rings is 1. The van der Waals surface area contributed by atoms with Crippen molar-refractivity contribution in [2.24, 2.45) is 0 Å². The number of nitrogens with one attached hydrogen (secondary N) is 1. The van der Waals surface area contributed by atoms with E-state index in [2.05, 4.69) is 9.71 Å². The Balaban J connectivity index is 2.15. The van der Waals surface area contributed by atoms with Crippen molar-refractivity contribution in [2.75, 3.05) is 0 Å². The molecule has 0 aliphatic heterocycles. The number of rotatable bonds is 6. The molecule has 0 radical (unpaired) electrons. The largest absolute Gasteiger partial charge is 0.388 e. The van der Waals surface area contributed by atoms with Crippen molar-refractivity contribution < 1.29 is 13.5 Å². The molecule has 1 aromatic heterocycles. The molecule has 1 unspecified atom stereocenters. The molecule has 0 saturated carbocycles. The highest BCUT2D eigenvalue weighted by Gasteiger charge is 2.16. The fraction of sp³-hybridized carbons (Fsp3) is 0.357. The van der Waals surface area contributed by atoms with E-state index in [0.717, 1.165) is 10.7 Å². The Morgan fingerprint density at radius 1 is 1.43 bits per heavy atom. The molecule has 2 N–H and O–H groups in total. The molecule has 2 aromatic rings. The Morgan fingerprint density at radius 3 is 2.81 bits per heavy atom. The van der Waals surface area contributed by atoms with Gasteiger partial charge in [-0.15, -0.1) is 11.3 Å². The van der Waals surface area contributed by atoms with Crippen LogP contribution in [-0.2, 0) is 16.6 Å². The van der Waals surface area contributed by atoms with Crippen LogP contribution in [0.4, 0.5) is 0 Å². The van der Waals surface area contributed by atoms with Gasteiger partial charge >= 0.3 is 0 Å². The van der Waals surface area contributed by atoms with Gasteiger partial charge in [0.15, 0.2) is 0 Å². The van der Waals surface area contributed by atoms with E-state index in [1.165, 1.54) is 23.5 Å². The van der Waals surface area contributed by atoms with Crippen molar-refractivity contribution in [2.45, 2.75) is 37.8 Å². The Morgan fingerprint density at radius 2 is 2.19 bits per heavy atom. The lowest BCUT2D eigenvalue weighted by Crippen LogP contribution is -2.23. The van der Waals surface area contributed by atoms with Gasteiger partial charge in [0.25, 0.3) is 0 Å². The van der Waals surface area contributed by atoms with E-state index < -0.39 is 16.1 Å². The van der Waals surface area contributed by atoms with Crippen LogP contribution in [0.15, 0.2) is 34.5 Å². The van der Waals surface area contributed by atoms with E-state index in [0.29, 0.717) is 12.0 Å². The molecule has 0 fully saturated rings. The van der Waals surface area contributed by atoms with Crippen molar-refractivity contribution in [3.05, 3.63) is 45.9 Å². The Kier molecular flexibility index (Phi) is 5.10. The van der Waals surface area contributed by atoms with Crippen LogP contribution in [0, 0.1) is 6.92 Å². The normalized spacial score (nSPS) is 13.3. The van der Waals surface area contributed by atoms with Gasteiger partial charge in [-0.3, -0.25) is 0 Å². The third kappa shape index (κ3) is 4.10. The lowest BCUT2D eigenvalue weighted by molar-refractivity contribution is 0.173. The molecule has 2 rings (SSSR count). The summed E-state index contributed by atoms with van der Waals surface area (Å²) in [7, 11) is -3.61. The average molecular weight is 326 g/mol. The molecule has 114 valence electrons. The maximum Gasteiger partial charge on any atom is 0.240 e. The predicted molar refractivity (Wildman–Crippen MR) is 82.6 cm³/mol. The Bertz CT molecular complexity index is 711. The third-order valence-corrected chi connectivity index (χ3v) is 5.39. The number of hydrogen-bond acceptors (Lipinski definition) is 5. The van der Waals surface area contributed by atoms with Crippen LogP contribution in [-0.4, -0.2) is 18.5 Å². The minimum absolute atomic E-state index is 0.153. The highest BCUT2D eigenvalue weighted by atomic mass is 32.2. The molecule has 0 amide bonds. The molecule has 1 aromatic carbocycles. The van der Waals surface area contributed by atoms with Crippen molar-refractivity contribution >= 4 is 21.4 Å².